The number of ether oxygens (including phenoxy) is 2. The van der Waals surface area contributed by atoms with Gasteiger partial charge in [0.25, 0.3) is 0 Å². The molecule has 2 aromatic carbocycles. The Morgan fingerprint density at radius 3 is 2.26 bits per heavy atom. The molecule has 1 aliphatic rings. The molecular formula is C30H40N2O6. The van der Waals surface area contributed by atoms with Gasteiger partial charge in [0.1, 0.15) is 17.5 Å². The van der Waals surface area contributed by atoms with E-state index in [9.17, 15) is 14.4 Å². The lowest BCUT2D eigenvalue weighted by molar-refractivity contribution is -0.137. The van der Waals surface area contributed by atoms with Crippen LogP contribution in [-0.4, -0.2) is 49.2 Å². The average molecular weight is 525 g/mol. The van der Waals surface area contributed by atoms with Crippen LogP contribution >= 0.6 is 0 Å². The zero-order valence-electron chi connectivity index (χ0n) is 22.2. The smallest absolute Gasteiger partial charge is 0.303 e. The van der Waals surface area contributed by atoms with Gasteiger partial charge in [0, 0.05) is 25.8 Å². The number of methoxy groups -OCH3 is 1. The molecular weight excluding hydrogens is 484 g/mol. The van der Waals surface area contributed by atoms with Crippen molar-refractivity contribution in [1.82, 2.24) is 10.6 Å². The first-order valence-corrected chi connectivity index (χ1v) is 13.6. The van der Waals surface area contributed by atoms with Crippen molar-refractivity contribution in [2.75, 3.05) is 20.3 Å². The number of benzene rings is 2. The molecule has 1 fully saturated rings. The molecule has 0 saturated heterocycles. The van der Waals surface area contributed by atoms with E-state index in [4.69, 9.17) is 14.6 Å². The zero-order chi connectivity index (χ0) is 27.2. The summed E-state index contributed by atoms with van der Waals surface area (Å²) in [5.41, 5.74) is 1.98. The van der Waals surface area contributed by atoms with E-state index in [1.54, 1.807) is 19.2 Å². The van der Waals surface area contributed by atoms with E-state index in [-0.39, 0.29) is 18.2 Å². The SMILES string of the molecule is COc1ccc(CCNC(=O)C(Cc2ccc(OCCCC(=O)O)cc2)NC(=O)CCC2CCCC2)cc1. The summed E-state index contributed by atoms with van der Waals surface area (Å²) < 4.78 is 10.8. The van der Waals surface area contributed by atoms with Gasteiger partial charge >= 0.3 is 5.97 Å². The minimum absolute atomic E-state index is 0.0633. The van der Waals surface area contributed by atoms with E-state index in [0.29, 0.717) is 50.5 Å². The number of carboxylic acid groups (broad SMARTS) is 1. The minimum Gasteiger partial charge on any atom is -0.497 e. The summed E-state index contributed by atoms with van der Waals surface area (Å²) in [7, 11) is 1.63. The van der Waals surface area contributed by atoms with Crippen molar-refractivity contribution in [3.8, 4) is 11.5 Å². The van der Waals surface area contributed by atoms with Crippen LogP contribution in [0.4, 0.5) is 0 Å². The second-order valence-corrected chi connectivity index (χ2v) is 9.89. The maximum Gasteiger partial charge on any atom is 0.303 e. The Kier molecular flexibility index (Phi) is 11.9. The Bertz CT molecular complexity index is 1020. The van der Waals surface area contributed by atoms with Gasteiger partial charge in [-0.1, -0.05) is 49.9 Å². The monoisotopic (exact) mass is 524 g/mol. The highest BCUT2D eigenvalue weighted by molar-refractivity contribution is 5.87. The molecule has 3 rings (SSSR count). The van der Waals surface area contributed by atoms with Crippen molar-refractivity contribution in [1.29, 1.82) is 0 Å². The number of hydrogen-bond donors (Lipinski definition) is 3. The third-order valence-electron chi connectivity index (χ3n) is 6.94. The maximum absolute atomic E-state index is 13.1. The third kappa shape index (κ3) is 10.4. The van der Waals surface area contributed by atoms with Gasteiger partial charge in [-0.15, -0.1) is 0 Å². The molecule has 0 radical (unpaired) electrons. The molecule has 3 N–H and O–H groups in total. The number of carbonyl (C=O) groups is 3. The number of nitrogens with one attached hydrogen (secondary N) is 2. The number of hydrogen-bond acceptors (Lipinski definition) is 5. The molecule has 1 unspecified atom stereocenters. The molecule has 1 aliphatic carbocycles. The molecule has 0 aliphatic heterocycles. The first kappa shape index (κ1) is 29.0. The van der Waals surface area contributed by atoms with E-state index in [1.807, 2.05) is 36.4 Å². The molecule has 0 spiro atoms. The fraction of sp³-hybridized carbons (Fsp3) is 0.500. The van der Waals surface area contributed by atoms with Crippen LogP contribution in [0.2, 0.25) is 0 Å². The van der Waals surface area contributed by atoms with Crippen LogP contribution in [0.1, 0.15) is 62.5 Å². The number of carboxylic acids is 1. The lowest BCUT2D eigenvalue weighted by atomic mass is 10.0. The summed E-state index contributed by atoms with van der Waals surface area (Å²) in [5, 5.41) is 14.7. The van der Waals surface area contributed by atoms with E-state index in [2.05, 4.69) is 10.6 Å². The molecule has 1 atom stereocenters. The van der Waals surface area contributed by atoms with Gasteiger partial charge in [0.2, 0.25) is 11.8 Å². The van der Waals surface area contributed by atoms with Crippen LogP contribution < -0.4 is 20.1 Å². The largest absolute Gasteiger partial charge is 0.497 e. The van der Waals surface area contributed by atoms with Crippen LogP contribution in [0.5, 0.6) is 11.5 Å². The van der Waals surface area contributed by atoms with E-state index >= 15 is 0 Å². The Balaban J connectivity index is 1.54. The molecule has 1 saturated carbocycles. The van der Waals surface area contributed by atoms with Crippen LogP contribution in [0.3, 0.4) is 0 Å². The lowest BCUT2D eigenvalue weighted by Gasteiger charge is -2.20. The Labute approximate surface area is 225 Å². The fourth-order valence-electron chi connectivity index (χ4n) is 4.73. The first-order chi connectivity index (χ1) is 18.4. The van der Waals surface area contributed by atoms with Gasteiger partial charge in [-0.05, 0) is 60.6 Å². The quantitative estimate of drug-likeness (QED) is 0.282. The van der Waals surface area contributed by atoms with Gasteiger partial charge in [0.05, 0.1) is 13.7 Å². The summed E-state index contributed by atoms with van der Waals surface area (Å²) >= 11 is 0. The topological polar surface area (TPSA) is 114 Å². The van der Waals surface area contributed by atoms with Crippen LogP contribution in [-0.2, 0) is 27.2 Å². The molecule has 38 heavy (non-hydrogen) atoms. The Hall–Kier alpha value is -3.55. The standard InChI is InChI=1S/C30H40N2O6/c1-37-25-13-8-23(9-14-25)18-19-31-30(36)27(32-28(33)17-12-22-5-2-3-6-22)21-24-10-15-26(16-11-24)38-20-4-7-29(34)35/h8-11,13-16,22,27H,2-7,12,17-21H2,1H3,(H,31,36)(H,32,33)(H,34,35). The van der Waals surface area contributed by atoms with E-state index < -0.39 is 12.0 Å². The Morgan fingerprint density at radius 2 is 1.61 bits per heavy atom. The predicted molar refractivity (Wildman–Crippen MR) is 145 cm³/mol. The van der Waals surface area contributed by atoms with Crippen LogP contribution in [0.25, 0.3) is 0 Å². The molecule has 2 amide bonds. The molecule has 0 aromatic heterocycles. The molecule has 2 aromatic rings. The van der Waals surface area contributed by atoms with Crippen LogP contribution in [0, 0.1) is 5.92 Å². The van der Waals surface area contributed by atoms with Gasteiger partial charge in [-0.3, -0.25) is 14.4 Å². The van der Waals surface area contributed by atoms with Crippen molar-refractivity contribution in [2.45, 2.75) is 70.3 Å². The number of carbonyl (C=O) groups excluding carboxylic acids is 2. The Morgan fingerprint density at radius 1 is 0.947 bits per heavy atom. The molecule has 0 heterocycles. The highest BCUT2D eigenvalue weighted by Crippen LogP contribution is 2.28. The van der Waals surface area contributed by atoms with Gasteiger partial charge in [0.15, 0.2) is 0 Å². The van der Waals surface area contributed by atoms with Crippen molar-refractivity contribution in [3.05, 3.63) is 59.7 Å². The highest BCUT2D eigenvalue weighted by atomic mass is 16.5. The molecule has 8 nitrogen and oxygen atoms in total. The van der Waals surface area contributed by atoms with Gasteiger partial charge < -0.3 is 25.2 Å². The summed E-state index contributed by atoms with van der Waals surface area (Å²) in [6.07, 6.45) is 7.69. The molecule has 206 valence electrons. The summed E-state index contributed by atoms with van der Waals surface area (Å²) in [5.74, 6) is 0.894. The number of rotatable bonds is 16. The summed E-state index contributed by atoms with van der Waals surface area (Å²) in [6.45, 7) is 0.782. The maximum atomic E-state index is 13.1. The van der Waals surface area contributed by atoms with Gasteiger partial charge in [-0.2, -0.15) is 0 Å². The average Bonchev–Trinajstić information content (AvgIpc) is 3.44. The van der Waals surface area contributed by atoms with E-state index in [0.717, 1.165) is 23.3 Å². The lowest BCUT2D eigenvalue weighted by Crippen LogP contribution is -2.48. The van der Waals surface area contributed by atoms with Crippen molar-refractivity contribution >= 4 is 17.8 Å². The van der Waals surface area contributed by atoms with Crippen LogP contribution in [0.15, 0.2) is 48.5 Å². The van der Waals surface area contributed by atoms with E-state index in [1.165, 1.54) is 25.7 Å². The fourth-order valence-corrected chi connectivity index (χ4v) is 4.73. The first-order valence-electron chi connectivity index (χ1n) is 13.6. The van der Waals surface area contributed by atoms with Crippen molar-refractivity contribution in [2.24, 2.45) is 5.92 Å². The zero-order valence-corrected chi connectivity index (χ0v) is 22.2. The number of aliphatic carboxylic acids is 1. The van der Waals surface area contributed by atoms with Crippen molar-refractivity contribution < 1.29 is 29.0 Å². The molecule has 8 heteroatoms. The van der Waals surface area contributed by atoms with Gasteiger partial charge in [-0.25, -0.2) is 0 Å². The minimum atomic E-state index is -0.845. The summed E-state index contributed by atoms with van der Waals surface area (Å²) in [6, 6.07) is 14.4. The molecule has 0 bridgehead atoms. The highest BCUT2D eigenvalue weighted by Gasteiger charge is 2.22. The van der Waals surface area contributed by atoms with Crippen molar-refractivity contribution in [3.63, 3.8) is 0 Å². The normalized spacial score (nSPS) is 14.0. The summed E-state index contributed by atoms with van der Waals surface area (Å²) in [4.78, 5) is 36.5. The predicted octanol–water partition coefficient (Wildman–Crippen LogP) is 4.30. The third-order valence-corrected chi connectivity index (χ3v) is 6.94. The number of amides is 2. The second kappa shape index (κ2) is 15.6. The second-order valence-electron chi connectivity index (χ2n) is 9.89.